The number of hydrogen-bond acceptors (Lipinski definition) is 4. The van der Waals surface area contributed by atoms with E-state index in [9.17, 15) is 0 Å². The van der Waals surface area contributed by atoms with Gasteiger partial charge in [-0.25, -0.2) is 4.98 Å². The normalized spacial score (nSPS) is 11.4. The predicted molar refractivity (Wildman–Crippen MR) is 33.0 cm³/mol. The van der Waals surface area contributed by atoms with Gasteiger partial charge in [-0.05, 0) is 5.16 Å². The minimum Gasteiger partial charge on any atom is -0.490 e. The van der Waals surface area contributed by atoms with Gasteiger partial charge in [0.1, 0.15) is 5.69 Å². The van der Waals surface area contributed by atoms with Crippen molar-refractivity contribution in [1.82, 2.24) is 9.97 Å². The average Bonchev–Trinajstić information content (AvgIpc) is 2.05. The molecular weight excluding hydrogens is 134 g/mol. The largest absolute Gasteiger partial charge is 0.490 e. The summed E-state index contributed by atoms with van der Waals surface area (Å²) in [6.45, 7) is 0. The number of nitrogens with zero attached hydrogens (tertiary/aromatic N) is 3. The second kappa shape index (κ2) is 2.77. The maximum absolute atomic E-state index is 8.73. The van der Waals surface area contributed by atoms with Crippen molar-refractivity contribution in [2.45, 2.75) is 0 Å². The number of aromatic nitrogens is 2. The molecule has 52 valence electrons. The van der Waals surface area contributed by atoms with Crippen LogP contribution in [0.5, 0.6) is 0 Å². The molecule has 0 bridgehead atoms. The molecule has 10 heavy (non-hydrogen) atoms. The predicted octanol–water partition coefficient (Wildman–Crippen LogP) is 0.170. The average molecular weight is 139 g/mol. The van der Waals surface area contributed by atoms with Crippen LogP contribution in [0.1, 0.15) is 5.69 Å². The standard InChI is InChI=1S/C5H5N3O2/c9-5(8-10)4-3-6-1-2-7-4/h1-3,10H,(H,8,9). The summed E-state index contributed by atoms with van der Waals surface area (Å²) in [5, 5.41) is 19.3. The molecule has 1 heterocycles. The number of hydrogen-bond donors (Lipinski definition) is 2. The number of rotatable bonds is 1. The van der Waals surface area contributed by atoms with E-state index in [4.69, 9.17) is 10.3 Å². The molecule has 0 saturated carbocycles. The first-order valence-electron chi connectivity index (χ1n) is 2.52. The van der Waals surface area contributed by atoms with E-state index in [1.54, 1.807) is 0 Å². The molecule has 0 spiro atoms. The van der Waals surface area contributed by atoms with Crippen molar-refractivity contribution in [3.05, 3.63) is 24.3 Å². The summed E-state index contributed by atoms with van der Waals surface area (Å²) < 4.78 is 0. The Morgan fingerprint density at radius 2 is 2.30 bits per heavy atom. The number of aliphatic hydroxyl groups is 1. The van der Waals surface area contributed by atoms with E-state index >= 15 is 0 Å². The molecular formula is C5H5N3O2. The fraction of sp³-hybridized carbons (Fsp3) is 0. The second-order valence-electron chi connectivity index (χ2n) is 1.51. The van der Waals surface area contributed by atoms with Gasteiger partial charge < -0.3 is 10.3 Å². The first-order valence-corrected chi connectivity index (χ1v) is 2.52. The van der Waals surface area contributed by atoms with Crippen molar-refractivity contribution in [3.8, 4) is 0 Å². The molecule has 0 radical (unpaired) electrons. The molecule has 0 unspecified atom stereocenters. The Morgan fingerprint density at radius 1 is 1.50 bits per heavy atom. The number of aliphatic hydroxyl groups excluding tert-OH is 1. The lowest BCUT2D eigenvalue weighted by atomic mass is 10.4. The first kappa shape index (κ1) is 6.47. The third-order valence-electron chi connectivity index (χ3n) is 0.887. The van der Waals surface area contributed by atoms with Gasteiger partial charge in [-0.2, -0.15) is 0 Å². The molecule has 0 aliphatic rings. The zero-order valence-electron chi connectivity index (χ0n) is 4.97. The molecule has 1 aromatic rings. The smallest absolute Gasteiger partial charge is 0.275 e. The van der Waals surface area contributed by atoms with Gasteiger partial charge in [-0.3, -0.25) is 4.98 Å². The fourth-order valence-corrected chi connectivity index (χ4v) is 0.466. The molecule has 0 saturated heterocycles. The Balaban J connectivity index is 2.96. The maximum atomic E-state index is 8.73. The lowest BCUT2D eigenvalue weighted by Gasteiger charge is -1.91. The molecule has 0 aromatic carbocycles. The topological polar surface area (TPSA) is 78.6 Å². The molecule has 1 rings (SSSR count). The van der Waals surface area contributed by atoms with Crippen LogP contribution in [0.2, 0.25) is 0 Å². The van der Waals surface area contributed by atoms with Gasteiger partial charge in [-0.15, -0.1) is 0 Å². The third kappa shape index (κ3) is 1.19. The van der Waals surface area contributed by atoms with Crippen molar-refractivity contribution < 1.29 is 10.3 Å². The molecule has 0 amide bonds. The van der Waals surface area contributed by atoms with Gasteiger partial charge in [-0.1, -0.05) is 0 Å². The third-order valence-corrected chi connectivity index (χ3v) is 0.887. The molecule has 2 N–H and O–H groups in total. The lowest BCUT2D eigenvalue weighted by molar-refractivity contribution is 0.302. The van der Waals surface area contributed by atoms with Crippen LogP contribution >= 0.6 is 0 Å². The van der Waals surface area contributed by atoms with Gasteiger partial charge in [0.2, 0.25) is 0 Å². The van der Waals surface area contributed by atoms with Crippen molar-refractivity contribution in [2.75, 3.05) is 0 Å². The summed E-state index contributed by atoms with van der Waals surface area (Å²) in [5.74, 6) is -0.534. The van der Waals surface area contributed by atoms with Gasteiger partial charge >= 0.3 is 0 Å². The van der Waals surface area contributed by atoms with E-state index in [2.05, 4.69) is 15.1 Å². The molecule has 0 atom stereocenters. The van der Waals surface area contributed by atoms with Gasteiger partial charge in [0.05, 0.1) is 6.20 Å². The van der Waals surface area contributed by atoms with E-state index in [-0.39, 0.29) is 5.69 Å². The van der Waals surface area contributed by atoms with Crippen LogP contribution in [0.25, 0.3) is 0 Å². The zero-order chi connectivity index (χ0) is 7.40. The molecule has 5 nitrogen and oxygen atoms in total. The molecule has 5 heteroatoms. The van der Waals surface area contributed by atoms with Crippen LogP contribution < -0.4 is 0 Å². The highest BCUT2D eigenvalue weighted by atomic mass is 16.5. The van der Waals surface area contributed by atoms with E-state index in [1.807, 2.05) is 0 Å². The minimum absolute atomic E-state index is 0.144. The Kier molecular flexibility index (Phi) is 1.79. The van der Waals surface area contributed by atoms with E-state index in [1.165, 1.54) is 18.6 Å². The summed E-state index contributed by atoms with van der Waals surface area (Å²) in [5.41, 5.74) is 0.144. The summed E-state index contributed by atoms with van der Waals surface area (Å²) in [4.78, 5) is 7.29. The molecule has 0 aliphatic carbocycles. The summed E-state index contributed by atoms with van der Waals surface area (Å²) in [6.07, 6.45) is 4.12. The van der Waals surface area contributed by atoms with Crippen LogP contribution in [0.15, 0.2) is 23.7 Å². The van der Waals surface area contributed by atoms with Crippen molar-refractivity contribution in [1.29, 1.82) is 0 Å². The minimum atomic E-state index is -0.534. The number of oxime groups is 1. The van der Waals surface area contributed by atoms with Crippen molar-refractivity contribution >= 4 is 5.90 Å². The Bertz CT molecular complexity index is 234. The second-order valence-corrected chi connectivity index (χ2v) is 1.51. The van der Waals surface area contributed by atoms with Crippen molar-refractivity contribution in [2.24, 2.45) is 5.16 Å². The molecule has 1 aromatic heterocycles. The molecule has 0 fully saturated rings. The van der Waals surface area contributed by atoms with Crippen LogP contribution in [0.3, 0.4) is 0 Å². The van der Waals surface area contributed by atoms with Gasteiger partial charge in [0.25, 0.3) is 5.90 Å². The monoisotopic (exact) mass is 139 g/mol. The summed E-state index contributed by atoms with van der Waals surface area (Å²) >= 11 is 0. The van der Waals surface area contributed by atoms with E-state index in [0.29, 0.717) is 0 Å². The zero-order valence-corrected chi connectivity index (χ0v) is 4.97. The Hall–Kier alpha value is -1.65. The van der Waals surface area contributed by atoms with Crippen molar-refractivity contribution in [3.63, 3.8) is 0 Å². The highest BCUT2D eigenvalue weighted by Crippen LogP contribution is 1.89. The molecule has 0 aliphatic heterocycles. The fourth-order valence-electron chi connectivity index (χ4n) is 0.466. The lowest BCUT2D eigenvalue weighted by Crippen LogP contribution is -2.01. The van der Waals surface area contributed by atoms with Gasteiger partial charge in [0, 0.05) is 12.4 Å². The summed E-state index contributed by atoms with van der Waals surface area (Å²) in [6, 6.07) is 0. The van der Waals surface area contributed by atoms with Crippen LogP contribution in [-0.2, 0) is 0 Å². The van der Waals surface area contributed by atoms with Crippen LogP contribution in [0.4, 0.5) is 0 Å². The quantitative estimate of drug-likeness (QED) is 0.251. The SMILES string of the molecule is ON=C(O)c1cnccn1. The Labute approximate surface area is 56.7 Å². The van der Waals surface area contributed by atoms with E-state index in [0.717, 1.165) is 0 Å². The van der Waals surface area contributed by atoms with Crippen LogP contribution in [-0.4, -0.2) is 26.2 Å². The highest BCUT2D eigenvalue weighted by Gasteiger charge is 1.99. The van der Waals surface area contributed by atoms with Gasteiger partial charge in [0.15, 0.2) is 0 Å². The Morgan fingerprint density at radius 3 is 2.80 bits per heavy atom. The maximum Gasteiger partial charge on any atom is 0.275 e. The summed E-state index contributed by atoms with van der Waals surface area (Å²) in [7, 11) is 0. The van der Waals surface area contributed by atoms with E-state index < -0.39 is 5.90 Å². The highest BCUT2D eigenvalue weighted by molar-refractivity contribution is 5.89. The first-order chi connectivity index (χ1) is 4.84. The van der Waals surface area contributed by atoms with Crippen LogP contribution in [0, 0.1) is 0 Å².